The number of halogens is 1. The number of ether oxygens (including phenoxy) is 2. The third kappa shape index (κ3) is 7.18. The third-order valence-corrected chi connectivity index (χ3v) is 9.81. The van der Waals surface area contributed by atoms with Crippen molar-refractivity contribution < 1.29 is 27.8 Å². The number of likely N-dealkylation sites (tertiary alicyclic amines) is 1. The third-order valence-electron chi connectivity index (χ3n) is 7.65. The van der Waals surface area contributed by atoms with E-state index in [4.69, 9.17) is 21.1 Å². The molecule has 5 rings (SSSR count). The molecular formula is C28H36ClN3O6S. The second kappa shape index (κ2) is 12.6. The molecule has 3 aliphatic rings. The van der Waals surface area contributed by atoms with E-state index in [-0.39, 0.29) is 49.1 Å². The van der Waals surface area contributed by atoms with Crippen LogP contribution < -0.4 is 5.32 Å². The number of amides is 1. The lowest BCUT2D eigenvalue weighted by Gasteiger charge is -2.43. The van der Waals surface area contributed by atoms with Crippen LogP contribution in [-0.2, 0) is 30.8 Å². The number of aliphatic hydroxyl groups excluding tert-OH is 1. The molecule has 2 aromatic rings. The molecule has 0 spiro atoms. The minimum Gasteiger partial charge on any atom is -0.389 e. The van der Waals surface area contributed by atoms with Gasteiger partial charge in [-0.2, -0.15) is 4.31 Å². The fourth-order valence-corrected chi connectivity index (χ4v) is 7.58. The van der Waals surface area contributed by atoms with Gasteiger partial charge in [-0.15, -0.1) is 0 Å². The van der Waals surface area contributed by atoms with Crippen LogP contribution >= 0.6 is 11.6 Å². The molecule has 3 aliphatic heterocycles. The predicted molar refractivity (Wildman–Crippen MR) is 147 cm³/mol. The van der Waals surface area contributed by atoms with E-state index in [1.165, 1.54) is 34.1 Å². The summed E-state index contributed by atoms with van der Waals surface area (Å²) in [4.78, 5) is 15.4. The van der Waals surface area contributed by atoms with Crippen molar-refractivity contribution in [2.24, 2.45) is 0 Å². The predicted octanol–water partition coefficient (Wildman–Crippen LogP) is 2.42. The van der Waals surface area contributed by atoms with E-state index in [1.54, 1.807) is 0 Å². The number of aliphatic hydroxyl groups is 1. The van der Waals surface area contributed by atoms with Crippen molar-refractivity contribution in [2.45, 2.75) is 67.5 Å². The second-order valence-electron chi connectivity index (χ2n) is 10.6. The first-order valence-electron chi connectivity index (χ1n) is 13.5. The second-order valence-corrected chi connectivity index (χ2v) is 13.0. The molecule has 3 saturated heterocycles. The van der Waals surface area contributed by atoms with Gasteiger partial charge in [0.2, 0.25) is 15.9 Å². The Morgan fingerprint density at radius 3 is 2.56 bits per heavy atom. The molecule has 0 aromatic heterocycles. The van der Waals surface area contributed by atoms with Crippen LogP contribution in [0.1, 0.15) is 31.2 Å². The average Bonchev–Trinajstić information content (AvgIpc) is 3.33. The van der Waals surface area contributed by atoms with Crippen molar-refractivity contribution >= 4 is 27.5 Å². The Labute approximate surface area is 235 Å². The highest BCUT2D eigenvalue weighted by molar-refractivity contribution is 7.89. The van der Waals surface area contributed by atoms with E-state index in [0.717, 1.165) is 26.1 Å². The summed E-state index contributed by atoms with van der Waals surface area (Å²) >= 11 is 5.96. The Bertz CT molecular complexity index is 1220. The largest absolute Gasteiger partial charge is 0.389 e. The summed E-state index contributed by atoms with van der Waals surface area (Å²) in [7, 11) is -3.91. The topological polar surface area (TPSA) is 108 Å². The van der Waals surface area contributed by atoms with Crippen molar-refractivity contribution in [1.29, 1.82) is 0 Å². The monoisotopic (exact) mass is 577 g/mol. The Morgan fingerprint density at radius 2 is 1.79 bits per heavy atom. The van der Waals surface area contributed by atoms with Gasteiger partial charge in [-0.1, -0.05) is 41.9 Å². The van der Waals surface area contributed by atoms with Crippen molar-refractivity contribution in [3.63, 3.8) is 0 Å². The van der Waals surface area contributed by atoms with Crippen LogP contribution in [-0.4, -0.2) is 91.9 Å². The Balaban J connectivity index is 1.18. The smallest absolute Gasteiger partial charge is 0.243 e. The molecule has 11 heteroatoms. The van der Waals surface area contributed by atoms with Crippen molar-refractivity contribution in [3.05, 3.63) is 65.2 Å². The van der Waals surface area contributed by atoms with Gasteiger partial charge in [-0.25, -0.2) is 8.42 Å². The molecule has 2 N–H and O–H groups in total. The van der Waals surface area contributed by atoms with Gasteiger partial charge in [-0.3, -0.25) is 9.69 Å². The molecule has 0 saturated carbocycles. The average molecular weight is 578 g/mol. The van der Waals surface area contributed by atoms with Crippen LogP contribution in [0.3, 0.4) is 0 Å². The van der Waals surface area contributed by atoms with Crippen LogP contribution in [0.4, 0.5) is 0 Å². The lowest BCUT2D eigenvalue weighted by molar-refractivity contribution is -0.146. The Kier molecular flexibility index (Phi) is 9.23. The zero-order valence-corrected chi connectivity index (χ0v) is 23.4. The molecular weight excluding hydrogens is 542 g/mol. The quantitative estimate of drug-likeness (QED) is 0.520. The standard InChI is InChI=1S/C28H36ClN3O6S/c29-21-6-9-25(10-7-21)39(35,36)32-17-23(33)18-37-19-27-26(32)11-8-24(38-27)14-28(34)30-22-12-13-31(16-22)15-20-4-2-1-3-5-20/h1-7,9-10,22-24,26-27,33H,8,11-19H2,(H,30,34)/t22-,23-,24-,26+,27-/m1/s1. The molecule has 5 atom stereocenters. The summed E-state index contributed by atoms with van der Waals surface area (Å²) < 4.78 is 40.4. The Morgan fingerprint density at radius 1 is 1.03 bits per heavy atom. The summed E-state index contributed by atoms with van der Waals surface area (Å²) in [6.45, 7) is 2.66. The fraction of sp³-hybridized carbons (Fsp3) is 0.536. The molecule has 212 valence electrons. The maximum absolute atomic E-state index is 13.6. The van der Waals surface area contributed by atoms with Crippen molar-refractivity contribution in [3.8, 4) is 0 Å². The molecule has 1 amide bonds. The number of carbonyl (C=O) groups is 1. The number of fused-ring (bicyclic) bond motifs is 1. The molecule has 39 heavy (non-hydrogen) atoms. The van der Waals surface area contributed by atoms with Crippen LogP contribution in [0, 0.1) is 0 Å². The number of hydrogen-bond acceptors (Lipinski definition) is 7. The highest BCUT2D eigenvalue weighted by Gasteiger charge is 2.43. The molecule has 3 fully saturated rings. The molecule has 0 aliphatic carbocycles. The molecule has 2 aromatic carbocycles. The lowest BCUT2D eigenvalue weighted by Crippen LogP contribution is -2.57. The van der Waals surface area contributed by atoms with Gasteiger partial charge < -0.3 is 19.9 Å². The number of carbonyl (C=O) groups excluding carboxylic acids is 1. The summed E-state index contributed by atoms with van der Waals surface area (Å²) in [5.41, 5.74) is 1.26. The zero-order valence-electron chi connectivity index (χ0n) is 21.8. The fourth-order valence-electron chi connectivity index (χ4n) is 5.74. The van der Waals surface area contributed by atoms with Gasteiger partial charge in [0.05, 0.1) is 48.9 Å². The van der Waals surface area contributed by atoms with E-state index in [1.807, 2.05) is 18.2 Å². The Hall–Kier alpha value is -2.05. The van der Waals surface area contributed by atoms with Gasteiger partial charge in [-0.05, 0) is 49.1 Å². The number of β-amino-alcohol motifs (C(OH)–C–C–N with tert-alkyl or cyclic N) is 1. The van der Waals surface area contributed by atoms with Gasteiger partial charge in [0, 0.05) is 37.2 Å². The van der Waals surface area contributed by atoms with E-state index < -0.39 is 28.3 Å². The highest BCUT2D eigenvalue weighted by atomic mass is 35.5. The minimum atomic E-state index is -3.91. The number of nitrogens with zero attached hydrogens (tertiary/aromatic N) is 2. The van der Waals surface area contributed by atoms with Gasteiger partial charge in [0.1, 0.15) is 0 Å². The van der Waals surface area contributed by atoms with Gasteiger partial charge in [0.25, 0.3) is 0 Å². The molecule has 0 unspecified atom stereocenters. The molecule has 0 bridgehead atoms. The van der Waals surface area contributed by atoms with E-state index >= 15 is 0 Å². The number of nitrogens with one attached hydrogen (secondary N) is 1. The summed E-state index contributed by atoms with van der Waals surface area (Å²) in [6, 6.07) is 15.9. The van der Waals surface area contributed by atoms with Crippen LogP contribution in [0.5, 0.6) is 0 Å². The maximum atomic E-state index is 13.6. The first kappa shape index (κ1) is 28.5. The lowest BCUT2D eigenvalue weighted by atomic mass is 9.96. The maximum Gasteiger partial charge on any atom is 0.243 e. The number of sulfonamides is 1. The zero-order chi connectivity index (χ0) is 27.4. The summed E-state index contributed by atoms with van der Waals surface area (Å²) in [6.07, 6.45) is 0.319. The number of rotatable bonds is 7. The number of benzene rings is 2. The SMILES string of the molecule is O=C(C[C@H]1CC[C@H]2[C@@H](COC[C@H](O)CN2S(=O)(=O)c2ccc(Cl)cc2)O1)N[C@@H]1CCN(Cc2ccccc2)C1. The molecule has 9 nitrogen and oxygen atoms in total. The number of hydrogen-bond donors (Lipinski definition) is 2. The van der Waals surface area contributed by atoms with Crippen LogP contribution in [0.15, 0.2) is 59.5 Å². The molecule has 3 heterocycles. The van der Waals surface area contributed by atoms with Crippen molar-refractivity contribution in [1.82, 2.24) is 14.5 Å². The van der Waals surface area contributed by atoms with Gasteiger partial charge >= 0.3 is 0 Å². The van der Waals surface area contributed by atoms with E-state index in [9.17, 15) is 18.3 Å². The normalized spacial score (nSPS) is 28.8. The first-order valence-corrected chi connectivity index (χ1v) is 15.3. The summed E-state index contributed by atoms with van der Waals surface area (Å²) in [5, 5.41) is 14.0. The van der Waals surface area contributed by atoms with Crippen LogP contribution in [0.25, 0.3) is 0 Å². The van der Waals surface area contributed by atoms with Gasteiger partial charge in [0.15, 0.2) is 0 Å². The van der Waals surface area contributed by atoms with Crippen LogP contribution in [0.2, 0.25) is 5.02 Å². The highest BCUT2D eigenvalue weighted by Crippen LogP contribution is 2.32. The minimum absolute atomic E-state index is 0.00549. The molecule has 0 radical (unpaired) electrons. The summed E-state index contributed by atoms with van der Waals surface area (Å²) in [5.74, 6) is -0.0576. The van der Waals surface area contributed by atoms with E-state index in [2.05, 4.69) is 22.3 Å². The van der Waals surface area contributed by atoms with E-state index in [0.29, 0.717) is 17.9 Å². The first-order chi connectivity index (χ1) is 18.8. The van der Waals surface area contributed by atoms with Crippen molar-refractivity contribution in [2.75, 3.05) is 32.8 Å².